The number of ether oxygens (including phenoxy) is 1. The van der Waals surface area contributed by atoms with Crippen molar-refractivity contribution in [3.8, 4) is 0 Å². The van der Waals surface area contributed by atoms with E-state index < -0.39 is 5.97 Å². The Morgan fingerprint density at radius 3 is 2.48 bits per heavy atom. The van der Waals surface area contributed by atoms with Gasteiger partial charge in [-0.1, -0.05) is 66.9 Å². The number of esters is 1. The van der Waals surface area contributed by atoms with E-state index in [1.54, 1.807) is 0 Å². The zero-order valence-corrected chi connectivity index (χ0v) is 15.3. The van der Waals surface area contributed by atoms with Gasteiger partial charge in [-0.25, -0.2) is 4.79 Å². The van der Waals surface area contributed by atoms with Crippen LogP contribution >= 0.6 is 23.2 Å². The van der Waals surface area contributed by atoms with Crippen LogP contribution in [-0.2, 0) is 9.53 Å². The monoisotopic (exact) mass is 379 g/mol. The van der Waals surface area contributed by atoms with Crippen molar-refractivity contribution in [3.05, 3.63) is 69.7 Å². The summed E-state index contributed by atoms with van der Waals surface area (Å²) in [6.45, 7) is 1.68. The van der Waals surface area contributed by atoms with Crippen molar-refractivity contribution >= 4 is 35.1 Å². The summed E-state index contributed by atoms with van der Waals surface area (Å²) >= 11 is 11.8. The van der Waals surface area contributed by atoms with Gasteiger partial charge in [0.05, 0.1) is 16.6 Å². The van der Waals surface area contributed by atoms with E-state index >= 15 is 0 Å². The van der Waals surface area contributed by atoms with Gasteiger partial charge in [-0.2, -0.15) is 0 Å². The second-order valence-corrected chi connectivity index (χ2v) is 6.36. The molecule has 4 nitrogen and oxygen atoms in total. The minimum atomic E-state index is -0.663. The van der Waals surface area contributed by atoms with Gasteiger partial charge in [0, 0.05) is 5.02 Å². The molecular weight excluding hydrogens is 361 g/mol. The van der Waals surface area contributed by atoms with Crippen molar-refractivity contribution in [2.24, 2.45) is 0 Å². The second-order valence-electron chi connectivity index (χ2n) is 5.52. The summed E-state index contributed by atoms with van der Waals surface area (Å²) in [6.07, 6.45) is 1.72. The smallest absolute Gasteiger partial charge is 0.340 e. The van der Waals surface area contributed by atoms with Crippen LogP contribution < -0.4 is 5.32 Å². The van der Waals surface area contributed by atoms with E-state index in [2.05, 4.69) is 5.32 Å². The summed E-state index contributed by atoms with van der Waals surface area (Å²) in [4.78, 5) is 24.2. The highest BCUT2D eigenvalue weighted by Gasteiger charge is 2.17. The molecule has 0 saturated carbocycles. The van der Waals surface area contributed by atoms with Crippen molar-refractivity contribution in [1.82, 2.24) is 5.32 Å². The quantitative estimate of drug-likeness (QED) is 0.702. The van der Waals surface area contributed by atoms with E-state index in [4.69, 9.17) is 27.9 Å². The Balaban J connectivity index is 1.93. The van der Waals surface area contributed by atoms with Crippen LogP contribution in [0.25, 0.3) is 0 Å². The lowest BCUT2D eigenvalue weighted by Crippen LogP contribution is -2.32. The molecule has 0 heterocycles. The third-order valence-corrected chi connectivity index (χ3v) is 4.15. The van der Waals surface area contributed by atoms with E-state index in [0.717, 1.165) is 18.4 Å². The molecule has 2 aromatic rings. The number of rotatable bonds is 7. The molecule has 1 atom stereocenters. The molecule has 1 amide bonds. The van der Waals surface area contributed by atoms with Crippen molar-refractivity contribution in [2.75, 3.05) is 6.61 Å². The van der Waals surface area contributed by atoms with Crippen LogP contribution in [0.3, 0.4) is 0 Å². The second kappa shape index (κ2) is 9.44. The average molecular weight is 380 g/mol. The van der Waals surface area contributed by atoms with Crippen LogP contribution in [0.4, 0.5) is 0 Å². The number of carbonyl (C=O) groups is 2. The molecule has 0 aliphatic heterocycles. The fourth-order valence-electron chi connectivity index (χ4n) is 2.40. The molecular formula is C19H19Cl2NO3. The molecule has 0 saturated heterocycles. The molecule has 2 rings (SSSR count). The number of amides is 1. The van der Waals surface area contributed by atoms with Crippen molar-refractivity contribution < 1.29 is 14.3 Å². The minimum absolute atomic E-state index is 0.114. The van der Waals surface area contributed by atoms with Gasteiger partial charge in [0.25, 0.3) is 5.91 Å². The molecule has 0 unspecified atom stereocenters. The van der Waals surface area contributed by atoms with Crippen LogP contribution in [0.1, 0.15) is 41.7 Å². The number of carbonyl (C=O) groups excluding carboxylic acids is 2. The first kappa shape index (κ1) is 19.3. The van der Waals surface area contributed by atoms with Gasteiger partial charge >= 0.3 is 5.97 Å². The SMILES string of the molecule is CCC[C@@H](NC(=O)COC(=O)c1ccc(Cl)cc1Cl)c1ccccc1. The molecule has 132 valence electrons. The highest BCUT2D eigenvalue weighted by Crippen LogP contribution is 2.22. The molecule has 0 aliphatic carbocycles. The van der Waals surface area contributed by atoms with Gasteiger partial charge in [-0.05, 0) is 30.2 Å². The molecule has 6 heteroatoms. The first-order valence-electron chi connectivity index (χ1n) is 7.97. The number of halogens is 2. The average Bonchev–Trinajstić information content (AvgIpc) is 2.60. The molecule has 0 aliphatic rings. The van der Waals surface area contributed by atoms with Crippen molar-refractivity contribution in [3.63, 3.8) is 0 Å². The number of hydrogen-bond donors (Lipinski definition) is 1. The van der Waals surface area contributed by atoms with E-state index in [0.29, 0.717) is 5.02 Å². The summed E-state index contributed by atoms with van der Waals surface area (Å²) in [6, 6.07) is 14.0. The van der Waals surface area contributed by atoms with Gasteiger partial charge in [-0.3, -0.25) is 4.79 Å². The van der Waals surface area contributed by atoms with Crippen molar-refractivity contribution in [1.29, 1.82) is 0 Å². The minimum Gasteiger partial charge on any atom is -0.452 e. The predicted molar refractivity (Wildman–Crippen MR) is 99.0 cm³/mol. The zero-order valence-electron chi connectivity index (χ0n) is 13.8. The summed E-state index contributed by atoms with van der Waals surface area (Å²) in [5.74, 6) is -1.02. The Bertz CT molecular complexity index is 735. The molecule has 0 spiro atoms. The summed E-state index contributed by atoms with van der Waals surface area (Å²) in [5.41, 5.74) is 1.19. The molecule has 0 bridgehead atoms. The Morgan fingerprint density at radius 2 is 1.84 bits per heavy atom. The Morgan fingerprint density at radius 1 is 1.12 bits per heavy atom. The summed E-state index contributed by atoms with van der Waals surface area (Å²) in [5, 5.41) is 3.50. The molecule has 0 radical (unpaired) electrons. The topological polar surface area (TPSA) is 55.4 Å². The van der Waals surface area contributed by atoms with E-state index in [9.17, 15) is 9.59 Å². The Labute approximate surface area is 157 Å². The van der Waals surface area contributed by atoms with Crippen molar-refractivity contribution in [2.45, 2.75) is 25.8 Å². The van der Waals surface area contributed by atoms with E-state index in [1.807, 2.05) is 37.3 Å². The highest BCUT2D eigenvalue weighted by molar-refractivity contribution is 6.36. The van der Waals surface area contributed by atoms with Gasteiger partial charge in [-0.15, -0.1) is 0 Å². The number of nitrogens with one attached hydrogen (secondary N) is 1. The van der Waals surface area contributed by atoms with Gasteiger partial charge in [0.15, 0.2) is 6.61 Å². The number of hydrogen-bond acceptors (Lipinski definition) is 3. The first-order chi connectivity index (χ1) is 12.0. The third-order valence-electron chi connectivity index (χ3n) is 3.60. The Kier molecular flexibility index (Phi) is 7.29. The first-order valence-corrected chi connectivity index (χ1v) is 8.73. The van der Waals surface area contributed by atoms with Crippen LogP contribution in [0.15, 0.2) is 48.5 Å². The predicted octanol–water partition coefficient (Wildman–Crippen LogP) is 4.81. The maximum absolute atomic E-state index is 12.1. The maximum atomic E-state index is 12.1. The maximum Gasteiger partial charge on any atom is 0.340 e. The van der Waals surface area contributed by atoms with E-state index in [-0.39, 0.29) is 29.1 Å². The summed E-state index contributed by atoms with van der Waals surface area (Å²) < 4.78 is 5.05. The summed E-state index contributed by atoms with van der Waals surface area (Å²) in [7, 11) is 0. The van der Waals surface area contributed by atoms with Crippen LogP contribution in [-0.4, -0.2) is 18.5 Å². The van der Waals surface area contributed by atoms with Gasteiger partial charge < -0.3 is 10.1 Å². The molecule has 0 aromatic heterocycles. The van der Waals surface area contributed by atoms with E-state index in [1.165, 1.54) is 18.2 Å². The lowest BCUT2D eigenvalue weighted by molar-refractivity contribution is -0.125. The lowest BCUT2D eigenvalue weighted by Gasteiger charge is -2.18. The van der Waals surface area contributed by atoms with Crippen LogP contribution in [0.5, 0.6) is 0 Å². The number of benzene rings is 2. The zero-order chi connectivity index (χ0) is 18.2. The Hall–Kier alpha value is -2.04. The normalized spacial score (nSPS) is 11.6. The fraction of sp³-hybridized carbons (Fsp3) is 0.263. The molecule has 25 heavy (non-hydrogen) atoms. The lowest BCUT2D eigenvalue weighted by atomic mass is 10.0. The largest absolute Gasteiger partial charge is 0.452 e. The van der Waals surface area contributed by atoms with Gasteiger partial charge in [0.1, 0.15) is 0 Å². The van der Waals surface area contributed by atoms with Gasteiger partial charge in [0.2, 0.25) is 0 Å². The van der Waals surface area contributed by atoms with Crippen LogP contribution in [0, 0.1) is 0 Å². The molecule has 2 aromatic carbocycles. The highest BCUT2D eigenvalue weighted by atomic mass is 35.5. The third kappa shape index (κ3) is 5.76. The molecule has 0 fully saturated rings. The standard InChI is InChI=1S/C19H19Cl2NO3/c1-2-6-17(13-7-4-3-5-8-13)22-18(23)12-25-19(24)15-10-9-14(20)11-16(15)21/h3-5,7-11,17H,2,6,12H2,1H3,(H,22,23)/t17-/m1/s1. The fourth-order valence-corrected chi connectivity index (χ4v) is 2.88. The molecule has 1 N–H and O–H groups in total. The van der Waals surface area contributed by atoms with Crippen LogP contribution in [0.2, 0.25) is 10.0 Å².